The third kappa shape index (κ3) is 2.35. The van der Waals surface area contributed by atoms with Crippen molar-refractivity contribution in [2.75, 3.05) is 0 Å². The van der Waals surface area contributed by atoms with Gasteiger partial charge in [0.25, 0.3) is 0 Å². The van der Waals surface area contributed by atoms with E-state index >= 15 is 0 Å². The second-order valence-corrected chi connectivity index (χ2v) is 6.29. The zero-order chi connectivity index (χ0) is 11.8. The maximum Gasteiger partial charge on any atom is 0.308 e. The summed E-state index contributed by atoms with van der Waals surface area (Å²) in [7, 11) is 0. The summed E-state index contributed by atoms with van der Waals surface area (Å²) in [6.45, 7) is 7.41. The maximum absolute atomic E-state index is 11.8. The molecule has 1 aromatic carbocycles. The van der Waals surface area contributed by atoms with Crippen LogP contribution >= 0.6 is 11.3 Å². The van der Waals surface area contributed by atoms with E-state index in [4.69, 9.17) is 0 Å². The fourth-order valence-corrected chi connectivity index (χ4v) is 2.59. The van der Waals surface area contributed by atoms with Crippen molar-refractivity contribution >= 4 is 21.6 Å². The number of rotatable bonds is 2. The lowest BCUT2D eigenvalue weighted by molar-refractivity contribution is 0.352. The van der Waals surface area contributed by atoms with Gasteiger partial charge in [0.1, 0.15) is 0 Å². The molecular weight excluding hydrogens is 218 g/mol. The van der Waals surface area contributed by atoms with E-state index in [0.717, 1.165) is 23.2 Å². The van der Waals surface area contributed by atoms with Gasteiger partial charge in [-0.1, -0.05) is 44.2 Å². The monoisotopic (exact) mass is 235 g/mol. The maximum atomic E-state index is 11.8. The summed E-state index contributed by atoms with van der Waals surface area (Å²) in [5.74, 6) is 0. The molecule has 0 spiro atoms. The number of thiazole rings is 1. The Balaban J connectivity index is 2.37. The van der Waals surface area contributed by atoms with Crippen LogP contribution in [-0.2, 0) is 6.54 Å². The topological polar surface area (TPSA) is 22.0 Å². The highest BCUT2D eigenvalue weighted by molar-refractivity contribution is 7.16. The zero-order valence-corrected chi connectivity index (χ0v) is 10.8. The van der Waals surface area contributed by atoms with Crippen LogP contribution in [0.5, 0.6) is 0 Å². The average Bonchev–Trinajstić information content (AvgIpc) is 2.49. The predicted molar refractivity (Wildman–Crippen MR) is 70.2 cm³/mol. The highest BCUT2D eigenvalue weighted by Gasteiger charge is 2.12. The molecule has 0 radical (unpaired) electrons. The van der Waals surface area contributed by atoms with Crippen LogP contribution in [0.3, 0.4) is 0 Å². The Morgan fingerprint density at radius 3 is 2.62 bits per heavy atom. The standard InChI is InChI=1S/C13H17NOS/c1-13(2,3)8-9-14-10-6-4-5-7-11(10)16-12(14)15/h4-7H,8-9H2,1-3H3. The number of hydrogen-bond acceptors (Lipinski definition) is 2. The van der Waals surface area contributed by atoms with Gasteiger partial charge in [-0.3, -0.25) is 9.36 Å². The van der Waals surface area contributed by atoms with E-state index < -0.39 is 0 Å². The number of benzene rings is 1. The summed E-state index contributed by atoms with van der Waals surface area (Å²) in [5, 5.41) is 0. The second kappa shape index (κ2) is 4.06. The number of nitrogens with zero attached hydrogens (tertiary/aromatic N) is 1. The minimum absolute atomic E-state index is 0.158. The normalized spacial score (nSPS) is 12.2. The van der Waals surface area contributed by atoms with Gasteiger partial charge >= 0.3 is 4.87 Å². The fraction of sp³-hybridized carbons (Fsp3) is 0.462. The van der Waals surface area contributed by atoms with Crippen molar-refractivity contribution in [1.82, 2.24) is 4.57 Å². The summed E-state index contributed by atoms with van der Waals surface area (Å²) < 4.78 is 2.98. The van der Waals surface area contributed by atoms with Crippen LogP contribution in [0.1, 0.15) is 27.2 Å². The molecule has 2 nitrogen and oxygen atoms in total. The molecule has 0 aliphatic carbocycles. The number of fused-ring (bicyclic) bond motifs is 1. The van der Waals surface area contributed by atoms with Crippen LogP contribution in [0.15, 0.2) is 29.1 Å². The van der Waals surface area contributed by atoms with E-state index in [2.05, 4.69) is 20.8 Å². The first-order chi connectivity index (χ1) is 7.47. The van der Waals surface area contributed by atoms with Gasteiger partial charge in [0.15, 0.2) is 0 Å². The Hall–Kier alpha value is -1.09. The van der Waals surface area contributed by atoms with E-state index in [0.29, 0.717) is 0 Å². The van der Waals surface area contributed by atoms with E-state index in [1.54, 1.807) is 0 Å². The highest BCUT2D eigenvalue weighted by atomic mass is 32.1. The van der Waals surface area contributed by atoms with Crippen molar-refractivity contribution in [3.8, 4) is 0 Å². The lowest BCUT2D eigenvalue weighted by atomic mass is 9.92. The number of aromatic nitrogens is 1. The largest absolute Gasteiger partial charge is 0.308 e. The highest BCUT2D eigenvalue weighted by Crippen LogP contribution is 2.22. The lowest BCUT2D eigenvalue weighted by Crippen LogP contribution is -2.17. The van der Waals surface area contributed by atoms with Crippen molar-refractivity contribution in [2.24, 2.45) is 5.41 Å². The molecule has 0 bridgehead atoms. The van der Waals surface area contributed by atoms with E-state index in [-0.39, 0.29) is 10.3 Å². The quantitative estimate of drug-likeness (QED) is 0.781. The molecule has 0 aliphatic heterocycles. The van der Waals surface area contributed by atoms with Gasteiger partial charge < -0.3 is 0 Å². The van der Waals surface area contributed by atoms with Gasteiger partial charge in [-0.2, -0.15) is 0 Å². The molecule has 0 fully saturated rings. The number of para-hydroxylation sites is 1. The van der Waals surface area contributed by atoms with Crippen LogP contribution in [0.4, 0.5) is 0 Å². The molecule has 0 saturated carbocycles. The number of aryl methyl sites for hydroxylation is 1. The van der Waals surface area contributed by atoms with E-state index in [1.807, 2.05) is 28.8 Å². The molecule has 1 aromatic heterocycles. The molecule has 0 saturated heterocycles. The molecular formula is C13H17NOS. The summed E-state index contributed by atoms with van der Waals surface area (Å²) in [6.07, 6.45) is 1.02. The summed E-state index contributed by atoms with van der Waals surface area (Å²) >= 11 is 1.34. The zero-order valence-electron chi connectivity index (χ0n) is 9.99. The van der Waals surface area contributed by atoms with Crippen molar-refractivity contribution < 1.29 is 0 Å². The third-order valence-electron chi connectivity index (χ3n) is 2.66. The molecule has 0 unspecified atom stereocenters. The van der Waals surface area contributed by atoms with Gasteiger partial charge in [-0.25, -0.2) is 0 Å². The molecule has 1 heterocycles. The summed E-state index contributed by atoms with van der Waals surface area (Å²) in [6, 6.07) is 8.00. The molecule has 2 aromatic rings. The van der Waals surface area contributed by atoms with Crippen molar-refractivity contribution in [1.29, 1.82) is 0 Å². The van der Waals surface area contributed by atoms with Gasteiger partial charge in [-0.05, 0) is 24.0 Å². The van der Waals surface area contributed by atoms with Crippen LogP contribution < -0.4 is 4.87 Å². The predicted octanol–water partition coefficient (Wildman–Crippen LogP) is 3.50. The van der Waals surface area contributed by atoms with Crippen LogP contribution in [0.25, 0.3) is 10.2 Å². The Kier molecular flexibility index (Phi) is 2.89. The van der Waals surface area contributed by atoms with Crippen LogP contribution in [0, 0.1) is 5.41 Å². The van der Waals surface area contributed by atoms with Gasteiger partial charge in [-0.15, -0.1) is 0 Å². The first kappa shape index (κ1) is 11.4. The molecule has 0 aliphatic rings. The van der Waals surface area contributed by atoms with E-state index in [9.17, 15) is 4.79 Å². The van der Waals surface area contributed by atoms with Crippen molar-refractivity contribution in [3.05, 3.63) is 33.9 Å². The SMILES string of the molecule is CC(C)(C)CCn1c(=O)sc2ccccc21. The van der Waals surface area contributed by atoms with Gasteiger partial charge in [0.2, 0.25) is 0 Å². The Morgan fingerprint density at radius 2 is 1.94 bits per heavy atom. The lowest BCUT2D eigenvalue weighted by Gasteiger charge is -2.18. The molecule has 2 rings (SSSR count). The first-order valence-electron chi connectivity index (χ1n) is 5.56. The Labute approximate surface area is 99.5 Å². The third-order valence-corrected chi connectivity index (χ3v) is 3.62. The molecule has 86 valence electrons. The molecule has 0 amide bonds. The van der Waals surface area contributed by atoms with Gasteiger partial charge in [0, 0.05) is 6.54 Å². The minimum atomic E-state index is 0.158. The number of hydrogen-bond donors (Lipinski definition) is 0. The summed E-state index contributed by atoms with van der Waals surface area (Å²) in [5.41, 5.74) is 1.34. The van der Waals surface area contributed by atoms with E-state index in [1.165, 1.54) is 11.3 Å². The Morgan fingerprint density at radius 1 is 1.25 bits per heavy atom. The van der Waals surface area contributed by atoms with Crippen molar-refractivity contribution in [3.63, 3.8) is 0 Å². The molecule has 0 atom stereocenters. The van der Waals surface area contributed by atoms with Crippen LogP contribution in [0.2, 0.25) is 0 Å². The molecule has 3 heteroatoms. The Bertz CT molecular complexity index is 545. The second-order valence-electron chi connectivity index (χ2n) is 5.30. The minimum Gasteiger partial charge on any atom is -0.299 e. The van der Waals surface area contributed by atoms with Crippen molar-refractivity contribution in [2.45, 2.75) is 33.7 Å². The average molecular weight is 235 g/mol. The molecule has 16 heavy (non-hydrogen) atoms. The first-order valence-corrected chi connectivity index (χ1v) is 6.37. The fourth-order valence-electron chi connectivity index (χ4n) is 1.67. The molecule has 0 N–H and O–H groups in total. The van der Waals surface area contributed by atoms with Crippen LogP contribution in [-0.4, -0.2) is 4.57 Å². The van der Waals surface area contributed by atoms with Gasteiger partial charge in [0.05, 0.1) is 10.2 Å². The smallest absolute Gasteiger partial charge is 0.299 e. The summed E-state index contributed by atoms with van der Waals surface area (Å²) in [4.78, 5) is 12.0.